The fourth-order valence-electron chi connectivity index (χ4n) is 7.13. The van der Waals surface area contributed by atoms with Crippen molar-refractivity contribution >= 4 is 33.8 Å². The Labute approximate surface area is 320 Å². The second kappa shape index (κ2) is 13.4. The minimum atomic E-state index is -0.250. The van der Waals surface area contributed by atoms with Crippen molar-refractivity contribution in [2.45, 2.75) is 92.4 Å². The second-order valence-electron chi connectivity index (χ2n) is 17.9. The van der Waals surface area contributed by atoms with Crippen LogP contribution in [0, 0.1) is 13.8 Å². The van der Waals surface area contributed by atoms with E-state index in [1.807, 2.05) is 12.1 Å². The average molecular weight is 713 g/mol. The summed E-state index contributed by atoms with van der Waals surface area (Å²) in [5.41, 5.74) is 13.6. The molecule has 4 nitrogen and oxygen atoms in total. The second-order valence-corrected chi connectivity index (χ2v) is 17.9. The number of aliphatic imine (C=N–C) groups is 1. The minimum Gasteiger partial charge on any atom is -0.507 e. The molecule has 6 aromatic carbocycles. The molecule has 4 heteroatoms. The standard InChI is InChI=1S/C50H52N2O2/c1-30-16-17-31(2)40(24-30)33-18-20-34(21-19-33)41-26-37(49(6,7)8)28-43-45(41)52-47(54-43)39-23-22-32-14-12-13-15-38(32)44(39)51-29-35-25-36(48(3,4)5)27-42(46(35)53)50(9,10)11/h12-29,53H,1-11H3. The van der Waals surface area contributed by atoms with Gasteiger partial charge in [0.15, 0.2) is 5.58 Å². The summed E-state index contributed by atoms with van der Waals surface area (Å²) >= 11 is 0. The van der Waals surface area contributed by atoms with Crippen LogP contribution in [0.4, 0.5) is 5.69 Å². The molecule has 274 valence electrons. The smallest absolute Gasteiger partial charge is 0.229 e. The van der Waals surface area contributed by atoms with Crippen LogP contribution >= 0.6 is 0 Å². The van der Waals surface area contributed by atoms with E-state index in [1.54, 1.807) is 6.21 Å². The maximum Gasteiger partial charge on any atom is 0.229 e. The highest BCUT2D eigenvalue weighted by molar-refractivity contribution is 6.03. The maximum atomic E-state index is 11.6. The zero-order valence-electron chi connectivity index (χ0n) is 33.6. The fourth-order valence-corrected chi connectivity index (χ4v) is 7.13. The highest BCUT2D eigenvalue weighted by Crippen LogP contribution is 2.43. The van der Waals surface area contributed by atoms with E-state index in [-0.39, 0.29) is 22.0 Å². The van der Waals surface area contributed by atoms with Gasteiger partial charge in [-0.1, -0.05) is 147 Å². The summed E-state index contributed by atoms with van der Waals surface area (Å²) in [5, 5.41) is 13.6. The topological polar surface area (TPSA) is 58.6 Å². The molecule has 1 N–H and O–H groups in total. The zero-order chi connectivity index (χ0) is 38.7. The summed E-state index contributed by atoms with van der Waals surface area (Å²) in [6.45, 7) is 24.0. The molecule has 0 saturated carbocycles. The number of benzene rings is 6. The maximum absolute atomic E-state index is 11.6. The number of hydrogen-bond acceptors (Lipinski definition) is 4. The lowest BCUT2D eigenvalue weighted by atomic mass is 9.79. The number of phenols is 1. The number of aromatic nitrogens is 1. The van der Waals surface area contributed by atoms with Crippen LogP contribution in [0.3, 0.4) is 0 Å². The quantitative estimate of drug-likeness (QED) is 0.181. The van der Waals surface area contributed by atoms with Gasteiger partial charge >= 0.3 is 0 Å². The van der Waals surface area contributed by atoms with Gasteiger partial charge in [0.25, 0.3) is 0 Å². The largest absolute Gasteiger partial charge is 0.507 e. The van der Waals surface area contributed by atoms with Crippen molar-refractivity contribution < 1.29 is 9.52 Å². The number of oxazole rings is 1. The van der Waals surface area contributed by atoms with Crippen LogP contribution in [-0.2, 0) is 16.2 Å². The first kappa shape index (κ1) is 36.9. The van der Waals surface area contributed by atoms with Gasteiger partial charge in [0.2, 0.25) is 5.89 Å². The van der Waals surface area contributed by atoms with Crippen molar-refractivity contribution in [2.75, 3.05) is 0 Å². The Morgan fingerprint density at radius 3 is 1.94 bits per heavy atom. The van der Waals surface area contributed by atoms with Crippen LogP contribution in [-0.4, -0.2) is 16.3 Å². The summed E-state index contributed by atoms with van der Waals surface area (Å²) < 4.78 is 6.73. The molecule has 0 spiro atoms. The molecule has 7 rings (SSSR count). The van der Waals surface area contributed by atoms with Crippen LogP contribution in [0.15, 0.2) is 113 Å². The van der Waals surface area contributed by atoms with Crippen LogP contribution in [0.5, 0.6) is 5.75 Å². The van der Waals surface area contributed by atoms with Gasteiger partial charge in [0.1, 0.15) is 11.3 Å². The van der Waals surface area contributed by atoms with E-state index in [0.717, 1.165) is 55.4 Å². The number of phenolic OH excluding ortho intramolecular Hbond substituents is 1. The molecule has 0 radical (unpaired) electrons. The minimum absolute atomic E-state index is 0.109. The zero-order valence-corrected chi connectivity index (χ0v) is 33.6. The van der Waals surface area contributed by atoms with Gasteiger partial charge in [-0.25, -0.2) is 4.98 Å². The van der Waals surface area contributed by atoms with E-state index in [2.05, 4.69) is 167 Å². The predicted molar refractivity (Wildman–Crippen MR) is 229 cm³/mol. The molecule has 1 aromatic heterocycles. The van der Waals surface area contributed by atoms with Gasteiger partial charge in [0.05, 0.1) is 11.3 Å². The van der Waals surface area contributed by atoms with Crippen LogP contribution < -0.4 is 0 Å². The van der Waals surface area contributed by atoms with E-state index in [9.17, 15) is 5.11 Å². The summed E-state index contributed by atoms with van der Waals surface area (Å²) in [5.74, 6) is 0.760. The molecule has 0 aliphatic heterocycles. The molecular weight excluding hydrogens is 661 g/mol. The SMILES string of the molecule is Cc1ccc(C)c(-c2ccc(-c3cc(C(C)(C)C)cc4oc(-c5ccc6ccccc6c5N=Cc5cc(C(C)(C)C)cc(C(C)(C)C)c5O)nc34)cc2)c1. The Morgan fingerprint density at radius 2 is 1.28 bits per heavy atom. The molecular formula is C50H52N2O2. The van der Waals surface area contributed by atoms with E-state index < -0.39 is 0 Å². The van der Waals surface area contributed by atoms with E-state index in [4.69, 9.17) is 14.4 Å². The van der Waals surface area contributed by atoms with E-state index in [1.165, 1.54) is 27.8 Å². The van der Waals surface area contributed by atoms with Crippen molar-refractivity contribution in [1.29, 1.82) is 0 Å². The molecule has 0 fully saturated rings. The van der Waals surface area contributed by atoms with Gasteiger partial charge in [0, 0.05) is 28.3 Å². The van der Waals surface area contributed by atoms with Gasteiger partial charge in [-0.2, -0.15) is 0 Å². The highest BCUT2D eigenvalue weighted by atomic mass is 16.3. The monoisotopic (exact) mass is 712 g/mol. The predicted octanol–water partition coefficient (Wildman–Crippen LogP) is 13.9. The lowest BCUT2D eigenvalue weighted by Crippen LogP contribution is -2.17. The third kappa shape index (κ3) is 7.10. The normalized spacial score (nSPS) is 12.7. The van der Waals surface area contributed by atoms with Crippen LogP contribution in [0.1, 0.15) is 95.7 Å². The Balaban J connectivity index is 1.40. The van der Waals surface area contributed by atoms with Crippen molar-refractivity contribution in [3.05, 3.63) is 137 Å². The van der Waals surface area contributed by atoms with Gasteiger partial charge in [-0.15, -0.1) is 0 Å². The van der Waals surface area contributed by atoms with E-state index >= 15 is 0 Å². The van der Waals surface area contributed by atoms with Crippen molar-refractivity contribution in [1.82, 2.24) is 4.98 Å². The first-order valence-electron chi connectivity index (χ1n) is 19.0. The van der Waals surface area contributed by atoms with Gasteiger partial charge in [-0.3, -0.25) is 4.99 Å². The van der Waals surface area contributed by atoms with Crippen LogP contribution in [0.25, 0.3) is 55.6 Å². The Kier molecular flexibility index (Phi) is 9.16. The Bertz CT molecular complexity index is 2570. The van der Waals surface area contributed by atoms with Crippen molar-refractivity contribution in [2.24, 2.45) is 4.99 Å². The fraction of sp³-hybridized carbons (Fsp3) is 0.280. The van der Waals surface area contributed by atoms with Gasteiger partial charge < -0.3 is 9.52 Å². The summed E-state index contributed by atoms with van der Waals surface area (Å²) in [6, 6.07) is 36.4. The molecule has 0 atom stereocenters. The first-order chi connectivity index (χ1) is 25.4. The summed E-state index contributed by atoms with van der Waals surface area (Å²) in [7, 11) is 0. The molecule has 7 aromatic rings. The van der Waals surface area contributed by atoms with E-state index in [0.29, 0.717) is 11.5 Å². The number of rotatable bonds is 5. The highest BCUT2D eigenvalue weighted by Gasteiger charge is 2.26. The Morgan fingerprint density at radius 1 is 0.630 bits per heavy atom. The number of nitrogens with zero attached hydrogens (tertiary/aromatic N) is 2. The lowest BCUT2D eigenvalue weighted by Gasteiger charge is -2.27. The lowest BCUT2D eigenvalue weighted by molar-refractivity contribution is 0.444. The molecule has 0 aliphatic rings. The third-order valence-electron chi connectivity index (χ3n) is 10.5. The van der Waals surface area contributed by atoms with Crippen molar-refractivity contribution in [3.63, 3.8) is 0 Å². The molecule has 0 aliphatic carbocycles. The summed E-state index contributed by atoms with van der Waals surface area (Å²) in [4.78, 5) is 10.4. The number of aromatic hydroxyl groups is 1. The Hall–Kier alpha value is -5.48. The summed E-state index contributed by atoms with van der Waals surface area (Å²) in [6.07, 6.45) is 1.80. The molecule has 0 bridgehead atoms. The number of hydrogen-bond donors (Lipinski definition) is 1. The third-order valence-corrected chi connectivity index (χ3v) is 10.5. The van der Waals surface area contributed by atoms with Crippen LogP contribution in [0.2, 0.25) is 0 Å². The van der Waals surface area contributed by atoms with Crippen molar-refractivity contribution in [3.8, 4) is 39.5 Å². The molecule has 1 heterocycles. The molecule has 0 saturated heterocycles. The molecule has 0 amide bonds. The van der Waals surface area contributed by atoms with Gasteiger partial charge in [-0.05, 0) is 93.1 Å². The molecule has 54 heavy (non-hydrogen) atoms. The molecule has 0 unspecified atom stereocenters. The average Bonchev–Trinajstić information content (AvgIpc) is 3.54. The number of aryl methyl sites for hydroxylation is 2. The number of fused-ring (bicyclic) bond motifs is 2. The first-order valence-corrected chi connectivity index (χ1v) is 19.0.